The van der Waals surface area contributed by atoms with Crippen molar-refractivity contribution in [1.29, 1.82) is 0 Å². The Morgan fingerprint density at radius 2 is 1.89 bits per heavy atom. The van der Waals surface area contributed by atoms with Crippen LogP contribution in [0.25, 0.3) is 10.8 Å². The smallest absolute Gasteiger partial charge is 0.120 e. The fourth-order valence-corrected chi connectivity index (χ4v) is 2.43. The standard InChI is InChI=1S/C16H21NO/c1-2-3-4-9-14(17)16-13-8-6-5-7-12(13)10-11-15(16)18/h5-8,10-11,14,18H,2-4,9,17H2,1H3/t14-/m1/s1. The number of nitrogens with two attached hydrogens (primary N) is 1. The van der Waals surface area contributed by atoms with Crippen LogP contribution in [-0.4, -0.2) is 5.11 Å². The van der Waals surface area contributed by atoms with Gasteiger partial charge in [-0.3, -0.25) is 0 Å². The molecule has 0 aliphatic carbocycles. The third-order valence-electron chi connectivity index (χ3n) is 3.44. The summed E-state index contributed by atoms with van der Waals surface area (Å²) in [5.74, 6) is 0.317. The molecule has 18 heavy (non-hydrogen) atoms. The number of hydrogen-bond acceptors (Lipinski definition) is 2. The molecule has 2 aromatic carbocycles. The van der Waals surface area contributed by atoms with Crippen molar-refractivity contribution in [2.45, 2.75) is 38.6 Å². The molecule has 0 fully saturated rings. The molecule has 0 spiro atoms. The van der Waals surface area contributed by atoms with E-state index in [4.69, 9.17) is 5.73 Å². The molecule has 0 radical (unpaired) electrons. The number of fused-ring (bicyclic) bond motifs is 1. The fraction of sp³-hybridized carbons (Fsp3) is 0.375. The molecule has 0 aromatic heterocycles. The van der Waals surface area contributed by atoms with Crippen LogP contribution < -0.4 is 5.73 Å². The number of phenols is 1. The molecule has 2 rings (SSSR count). The Bertz CT molecular complexity index is 521. The minimum absolute atomic E-state index is 0.0809. The second kappa shape index (κ2) is 5.87. The molecule has 2 nitrogen and oxygen atoms in total. The molecule has 1 atom stereocenters. The molecule has 0 heterocycles. The molecule has 2 aromatic rings. The van der Waals surface area contributed by atoms with Gasteiger partial charge in [0.25, 0.3) is 0 Å². The third-order valence-corrected chi connectivity index (χ3v) is 3.44. The number of hydrogen-bond donors (Lipinski definition) is 2. The second-order valence-corrected chi connectivity index (χ2v) is 4.82. The van der Waals surface area contributed by atoms with Gasteiger partial charge in [-0.05, 0) is 23.3 Å². The Morgan fingerprint density at radius 3 is 2.67 bits per heavy atom. The summed E-state index contributed by atoms with van der Waals surface area (Å²) in [5, 5.41) is 12.3. The van der Waals surface area contributed by atoms with Crippen molar-refractivity contribution in [3.8, 4) is 5.75 Å². The van der Waals surface area contributed by atoms with E-state index in [0.29, 0.717) is 5.75 Å². The van der Waals surface area contributed by atoms with Gasteiger partial charge in [-0.1, -0.05) is 56.5 Å². The SMILES string of the molecule is CCCCC[C@@H](N)c1c(O)ccc2ccccc12. The maximum absolute atomic E-state index is 10.1. The largest absolute Gasteiger partial charge is 0.508 e. The Labute approximate surface area is 108 Å². The van der Waals surface area contributed by atoms with Gasteiger partial charge < -0.3 is 10.8 Å². The average molecular weight is 243 g/mol. The summed E-state index contributed by atoms with van der Waals surface area (Å²) in [6.45, 7) is 2.18. The quantitative estimate of drug-likeness (QED) is 0.776. The highest BCUT2D eigenvalue weighted by Gasteiger charge is 2.14. The molecule has 0 saturated heterocycles. The van der Waals surface area contributed by atoms with Gasteiger partial charge in [0.15, 0.2) is 0 Å². The van der Waals surface area contributed by atoms with E-state index in [1.165, 1.54) is 12.8 Å². The summed E-state index contributed by atoms with van der Waals surface area (Å²) in [6.07, 6.45) is 4.42. The van der Waals surface area contributed by atoms with Crippen molar-refractivity contribution in [2.75, 3.05) is 0 Å². The normalized spacial score (nSPS) is 12.8. The predicted molar refractivity (Wildman–Crippen MR) is 76.7 cm³/mol. The van der Waals surface area contributed by atoms with Crippen LogP contribution in [0.15, 0.2) is 36.4 Å². The van der Waals surface area contributed by atoms with Gasteiger partial charge in [0, 0.05) is 11.6 Å². The summed E-state index contributed by atoms with van der Waals surface area (Å²) < 4.78 is 0. The van der Waals surface area contributed by atoms with E-state index in [9.17, 15) is 5.11 Å². The average Bonchev–Trinajstić information content (AvgIpc) is 2.38. The van der Waals surface area contributed by atoms with Crippen molar-refractivity contribution in [3.05, 3.63) is 42.0 Å². The van der Waals surface area contributed by atoms with E-state index in [1.54, 1.807) is 6.07 Å². The Kier molecular flexibility index (Phi) is 4.21. The van der Waals surface area contributed by atoms with Gasteiger partial charge >= 0.3 is 0 Å². The van der Waals surface area contributed by atoms with Gasteiger partial charge in [0.2, 0.25) is 0 Å². The third kappa shape index (κ3) is 2.65. The van der Waals surface area contributed by atoms with Gasteiger partial charge in [0.05, 0.1) is 0 Å². The molecule has 3 N–H and O–H groups in total. The van der Waals surface area contributed by atoms with E-state index in [2.05, 4.69) is 13.0 Å². The lowest BCUT2D eigenvalue weighted by Gasteiger charge is -2.16. The summed E-state index contributed by atoms with van der Waals surface area (Å²) in [4.78, 5) is 0. The van der Waals surface area contributed by atoms with Crippen molar-refractivity contribution < 1.29 is 5.11 Å². The van der Waals surface area contributed by atoms with E-state index in [0.717, 1.165) is 29.2 Å². The van der Waals surface area contributed by atoms with Crippen molar-refractivity contribution in [1.82, 2.24) is 0 Å². The van der Waals surface area contributed by atoms with Crippen LogP contribution in [0.2, 0.25) is 0 Å². The predicted octanol–water partition coefficient (Wildman–Crippen LogP) is 4.13. The Balaban J connectivity index is 2.33. The maximum atomic E-state index is 10.1. The van der Waals surface area contributed by atoms with Crippen molar-refractivity contribution in [3.63, 3.8) is 0 Å². The minimum Gasteiger partial charge on any atom is -0.508 e. The zero-order valence-electron chi connectivity index (χ0n) is 10.9. The van der Waals surface area contributed by atoms with Crippen LogP contribution in [0, 0.1) is 0 Å². The zero-order chi connectivity index (χ0) is 13.0. The zero-order valence-corrected chi connectivity index (χ0v) is 10.9. The van der Waals surface area contributed by atoms with Crippen LogP contribution in [0.1, 0.15) is 44.2 Å². The first-order valence-corrected chi connectivity index (χ1v) is 6.70. The molecule has 0 bridgehead atoms. The number of aromatic hydroxyl groups is 1. The molecule has 0 amide bonds. The van der Waals surface area contributed by atoms with Crippen LogP contribution >= 0.6 is 0 Å². The van der Waals surface area contributed by atoms with Crippen LogP contribution in [0.5, 0.6) is 5.75 Å². The maximum Gasteiger partial charge on any atom is 0.120 e. The van der Waals surface area contributed by atoms with Crippen LogP contribution in [0.4, 0.5) is 0 Å². The van der Waals surface area contributed by atoms with E-state index < -0.39 is 0 Å². The van der Waals surface area contributed by atoms with Gasteiger partial charge in [-0.25, -0.2) is 0 Å². The lowest BCUT2D eigenvalue weighted by molar-refractivity contribution is 0.457. The van der Waals surface area contributed by atoms with E-state index in [1.807, 2.05) is 24.3 Å². The fourth-order valence-electron chi connectivity index (χ4n) is 2.43. The first-order chi connectivity index (χ1) is 8.74. The van der Waals surface area contributed by atoms with Gasteiger partial charge in [-0.2, -0.15) is 0 Å². The van der Waals surface area contributed by atoms with E-state index in [-0.39, 0.29) is 6.04 Å². The molecular weight excluding hydrogens is 222 g/mol. The molecular formula is C16H21NO. The van der Waals surface area contributed by atoms with Crippen LogP contribution in [0.3, 0.4) is 0 Å². The van der Waals surface area contributed by atoms with Crippen molar-refractivity contribution >= 4 is 10.8 Å². The second-order valence-electron chi connectivity index (χ2n) is 4.82. The first-order valence-electron chi connectivity index (χ1n) is 6.70. The summed E-state index contributed by atoms with van der Waals surface area (Å²) in [5.41, 5.74) is 7.14. The van der Waals surface area contributed by atoms with Crippen LogP contribution in [-0.2, 0) is 0 Å². The van der Waals surface area contributed by atoms with Gasteiger partial charge in [-0.15, -0.1) is 0 Å². The molecule has 2 heteroatoms. The highest BCUT2D eigenvalue weighted by Crippen LogP contribution is 2.33. The van der Waals surface area contributed by atoms with E-state index >= 15 is 0 Å². The molecule has 96 valence electrons. The first kappa shape index (κ1) is 12.9. The molecule has 0 aliphatic heterocycles. The van der Waals surface area contributed by atoms with Crippen molar-refractivity contribution in [2.24, 2.45) is 5.73 Å². The minimum atomic E-state index is -0.0809. The highest BCUT2D eigenvalue weighted by atomic mass is 16.3. The summed E-state index contributed by atoms with van der Waals surface area (Å²) in [6, 6.07) is 11.7. The number of benzene rings is 2. The Morgan fingerprint density at radius 1 is 1.11 bits per heavy atom. The number of phenolic OH excluding ortho intramolecular Hbond substituents is 1. The van der Waals surface area contributed by atoms with Gasteiger partial charge in [0.1, 0.15) is 5.75 Å². The lowest BCUT2D eigenvalue weighted by Crippen LogP contribution is -2.11. The Hall–Kier alpha value is -1.54. The molecule has 0 unspecified atom stereocenters. The monoisotopic (exact) mass is 243 g/mol. The summed E-state index contributed by atoms with van der Waals surface area (Å²) in [7, 11) is 0. The summed E-state index contributed by atoms with van der Waals surface area (Å²) >= 11 is 0. The number of unbranched alkanes of at least 4 members (excludes halogenated alkanes) is 2. The lowest BCUT2D eigenvalue weighted by atomic mass is 9.95. The molecule has 0 saturated carbocycles. The number of rotatable bonds is 5. The highest BCUT2D eigenvalue weighted by molar-refractivity contribution is 5.88. The molecule has 0 aliphatic rings. The topological polar surface area (TPSA) is 46.2 Å².